The smallest absolute Gasteiger partial charge is 0.327 e. The van der Waals surface area contributed by atoms with Crippen LogP contribution in [0.5, 0.6) is 0 Å². The number of nitrogens with two attached hydrogens (primary N) is 1. The van der Waals surface area contributed by atoms with Crippen molar-refractivity contribution < 1.29 is 30.0 Å². The Morgan fingerprint density at radius 1 is 1.38 bits per heavy atom. The zero-order chi connectivity index (χ0) is 21.7. The average Bonchev–Trinajstić information content (AvgIpc) is 3.21. The van der Waals surface area contributed by atoms with Gasteiger partial charge in [0.25, 0.3) is 5.56 Å². The van der Waals surface area contributed by atoms with E-state index in [1.54, 1.807) is 11.8 Å². The van der Waals surface area contributed by atoms with E-state index in [0.29, 0.717) is 6.42 Å². The molecule has 0 amide bonds. The van der Waals surface area contributed by atoms with Crippen LogP contribution in [0.25, 0.3) is 11.2 Å². The molecule has 0 spiro atoms. The van der Waals surface area contributed by atoms with Crippen molar-refractivity contribution >= 4 is 28.9 Å². The summed E-state index contributed by atoms with van der Waals surface area (Å²) in [6.45, 7) is -0.474. The zero-order valence-electron chi connectivity index (χ0n) is 15.4. The summed E-state index contributed by atoms with van der Waals surface area (Å²) in [6, 6.07) is -0.683. The number of aromatic amines is 2. The van der Waals surface area contributed by atoms with Crippen LogP contribution in [0.4, 0.5) is 0 Å². The molecule has 3 rings (SSSR count). The Kier molecular flexibility index (Phi) is 7.95. The lowest BCUT2D eigenvalue weighted by atomic mass is 10.1. The summed E-state index contributed by atoms with van der Waals surface area (Å²) in [5.74, 6) is -0.1000. The number of rotatable bonds is 6. The number of hydrogen-bond donors (Lipinski definition) is 7. The predicted octanol–water partition coefficient (Wildman–Crippen LogP) is -2.82. The van der Waals surface area contributed by atoms with Gasteiger partial charge in [0, 0.05) is 0 Å². The first kappa shape index (κ1) is 23.1. The number of carboxylic acids is 1. The molecule has 3 heterocycles. The number of aliphatic hydroxyl groups excluding tert-OH is 3. The molecule has 14 heteroatoms. The Bertz CT molecular complexity index is 943. The number of nitrogens with one attached hydrogen (secondary N) is 2. The number of H-pyrrole nitrogens is 2. The van der Waals surface area contributed by atoms with Gasteiger partial charge in [-0.15, -0.1) is 0 Å². The van der Waals surface area contributed by atoms with Crippen LogP contribution >= 0.6 is 11.8 Å². The van der Waals surface area contributed by atoms with E-state index in [-0.39, 0.29) is 11.2 Å². The molecule has 1 aliphatic heterocycles. The molecule has 0 aromatic carbocycles. The molecular weight excluding hydrogens is 410 g/mol. The third-order valence-corrected chi connectivity index (χ3v) is 4.85. The first-order chi connectivity index (χ1) is 13.7. The maximum atomic E-state index is 11.6. The van der Waals surface area contributed by atoms with E-state index in [2.05, 4.69) is 9.97 Å². The Morgan fingerprint density at radius 3 is 2.62 bits per heavy atom. The maximum absolute atomic E-state index is 11.6. The summed E-state index contributed by atoms with van der Waals surface area (Å²) < 4.78 is 6.54. The molecule has 13 nitrogen and oxygen atoms in total. The average molecular weight is 433 g/mol. The Hall–Kier alpha value is -2.23. The van der Waals surface area contributed by atoms with Gasteiger partial charge in [0.2, 0.25) is 0 Å². The maximum Gasteiger partial charge on any atom is 0.327 e. The minimum Gasteiger partial charge on any atom is -0.480 e. The highest BCUT2D eigenvalue weighted by molar-refractivity contribution is 7.98. The highest BCUT2D eigenvalue weighted by Crippen LogP contribution is 2.30. The second kappa shape index (κ2) is 10.00. The van der Waals surface area contributed by atoms with Crippen molar-refractivity contribution in [3.8, 4) is 0 Å². The number of aromatic nitrogens is 4. The quantitative estimate of drug-likeness (QED) is 0.246. The minimum atomic E-state index is -1.33. The fourth-order valence-electron chi connectivity index (χ4n) is 2.62. The Labute approximate surface area is 167 Å². The number of nitrogens with zero attached hydrogens (tertiary/aromatic N) is 2. The summed E-state index contributed by atoms with van der Waals surface area (Å²) >= 11 is 1.60. The predicted molar refractivity (Wildman–Crippen MR) is 103 cm³/mol. The number of aliphatic hydroxyl groups is 3. The van der Waals surface area contributed by atoms with E-state index in [1.165, 1.54) is 10.9 Å². The fourth-order valence-corrected chi connectivity index (χ4v) is 3.11. The van der Waals surface area contributed by atoms with Crippen molar-refractivity contribution in [2.75, 3.05) is 18.6 Å². The molecule has 1 saturated heterocycles. The number of ether oxygens (including phenoxy) is 1. The van der Waals surface area contributed by atoms with Gasteiger partial charge in [0.05, 0.1) is 12.9 Å². The third kappa shape index (κ3) is 5.23. The van der Waals surface area contributed by atoms with Gasteiger partial charge in [0.15, 0.2) is 11.7 Å². The summed E-state index contributed by atoms with van der Waals surface area (Å²) in [6.07, 6.45) is -0.948. The molecule has 0 saturated carbocycles. The minimum absolute atomic E-state index is 0.0256. The second-order valence-electron chi connectivity index (χ2n) is 6.21. The van der Waals surface area contributed by atoms with Gasteiger partial charge in [0.1, 0.15) is 30.0 Å². The van der Waals surface area contributed by atoms with Crippen LogP contribution in [0.1, 0.15) is 12.6 Å². The van der Waals surface area contributed by atoms with Crippen molar-refractivity contribution in [3.63, 3.8) is 0 Å². The Morgan fingerprint density at radius 2 is 2.07 bits per heavy atom. The summed E-state index contributed by atoms with van der Waals surface area (Å²) in [4.78, 5) is 41.1. The van der Waals surface area contributed by atoms with Crippen LogP contribution in [-0.4, -0.2) is 88.9 Å². The van der Waals surface area contributed by atoms with Gasteiger partial charge in [-0.2, -0.15) is 11.8 Å². The van der Waals surface area contributed by atoms with Gasteiger partial charge in [-0.3, -0.25) is 24.1 Å². The normalized spacial score (nSPS) is 24.9. The third-order valence-electron chi connectivity index (χ3n) is 4.21. The van der Waals surface area contributed by atoms with Gasteiger partial charge in [-0.25, -0.2) is 9.78 Å². The van der Waals surface area contributed by atoms with E-state index in [4.69, 9.17) is 20.7 Å². The molecular formula is C15H23N5O8S. The molecule has 0 bridgehead atoms. The number of carbonyl (C=O) groups is 1. The first-order valence-corrected chi connectivity index (χ1v) is 9.89. The van der Waals surface area contributed by atoms with Crippen molar-refractivity contribution in [1.82, 2.24) is 19.5 Å². The number of aliphatic carboxylic acids is 1. The molecule has 1 aliphatic rings. The van der Waals surface area contributed by atoms with E-state index in [1.807, 2.05) is 11.2 Å². The molecule has 2 aromatic rings. The highest BCUT2D eigenvalue weighted by atomic mass is 32.2. The van der Waals surface area contributed by atoms with Crippen LogP contribution in [0, 0.1) is 0 Å². The fraction of sp³-hybridized carbons (Fsp3) is 0.600. The number of fused-ring (bicyclic) bond motifs is 1. The molecule has 5 atom stereocenters. The first-order valence-electron chi connectivity index (χ1n) is 8.50. The molecule has 0 aliphatic carbocycles. The van der Waals surface area contributed by atoms with Gasteiger partial charge in [-0.05, 0) is 18.4 Å². The van der Waals surface area contributed by atoms with Crippen LogP contribution in [0.3, 0.4) is 0 Å². The lowest BCUT2D eigenvalue weighted by Gasteiger charge is -2.16. The molecule has 0 radical (unpaired) electrons. The van der Waals surface area contributed by atoms with Crippen LogP contribution in [0.2, 0.25) is 0 Å². The molecule has 1 unspecified atom stereocenters. The summed E-state index contributed by atoms with van der Waals surface area (Å²) in [5, 5.41) is 36.9. The zero-order valence-corrected chi connectivity index (χ0v) is 16.2. The van der Waals surface area contributed by atoms with Crippen molar-refractivity contribution in [2.45, 2.75) is 37.0 Å². The number of carboxylic acid groups (broad SMARTS) is 1. The second-order valence-corrected chi connectivity index (χ2v) is 7.20. The van der Waals surface area contributed by atoms with Gasteiger partial charge in [-0.1, -0.05) is 0 Å². The van der Waals surface area contributed by atoms with E-state index < -0.39 is 54.4 Å². The van der Waals surface area contributed by atoms with Gasteiger partial charge < -0.3 is 30.9 Å². The topological polar surface area (TPSA) is 217 Å². The summed E-state index contributed by atoms with van der Waals surface area (Å²) in [5.41, 5.74) is 3.83. The molecule has 8 N–H and O–H groups in total. The van der Waals surface area contributed by atoms with Crippen molar-refractivity contribution in [2.24, 2.45) is 5.73 Å². The number of imidazole rings is 1. The molecule has 2 aromatic heterocycles. The van der Waals surface area contributed by atoms with E-state index >= 15 is 0 Å². The number of thioether (sulfide) groups is 1. The molecule has 1 fully saturated rings. The summed E-state index contributed by atoms with van der Waals surface area (Å²) in [7, 11) is 0. The van der Waals surface area contributed by atoms with Crippen LogP contribution in [-0.2, 0) is 9.53 Å². The van der Waals surface area contributed by atoms with Gasteiger partial charge >= 0.3 is 11.7 Å². The lowest BCUT2D eigenvalue weighted by molar-refractivity contribution is -0.138. The SMILES string of the molecule is CSCCC(N)C(=O)O.O=c1[nH]c(=O)c2ncn([C@@H]3O[C@H](CO)[C@@H](O)[C@H]3O)c2[nH]1. The monoisotopic (exact) mass is 433 g/mol. The van der Waals surface area contributed by atoms with Crippen LogP contribution < -0.4 is 17.0 Å². The number of hydrogen-bond acceptors (Lipinski definition) is 10. The van der Waals surface area contributed by atoms with E-state index in [0.717, 1.165) is 5.75 Å². The molecule has 29 heavy (non-hydrogen) atoms. The lowest BCUT2D eigenvalue weighted by Crippen LogP contribution is -2.33. The Balaban J connectivity index is 0.000000284. The van der Waals surface area contributed by atoms with Crippen molar-refractivity contribution in [3.05, 3.63) is 27.2 Å². The van der Waals surface area contributed by atoms with Crippen molar-refractivity contribution in [1.29, 1.82) is 0 Å². The van der Waals surface area contributed by atoms with Crippen LogP contribution in [0.15, 0.2) is 15.9 Å². The standard InChI is InChI=1S/C10H12N4O6.C5H11NO2S/c15-1-3-5(16)6(17)9(20-3)14-2-11-4-7(14)12-10(19)13-8(4)18;1-9-3-2-4(6)5(7)8/h2-3,5-6,9,15-17H,1H2,(H2,12,13,18,19);4H,2-3,6H2,1H3,(H,7,8)/t3-,5-,6-,9-;/m1./s1. The molecule has 162 valence electrons. The van der Waals surface area contributed by atoms with E-state index in [9.17, 15) is 24.6 Å². The highest BCUT2D eigenvalue weighted by Gasteiger charge is 2.43. The largest absolute Gasteiger partial charge is 0.480 e.